The molecule has 128 valence electrons. The molecule has 0 saturated carbocycles. The molecule has 1 N–H and O–H groups in total. The van der Waals surface area contributed by atoms with Crippen LogP contribution in [0.25, 0.3) is 22.3 Å². The second kappa shape index (κ2) is 6.82. The summed E-state index contributed by atoms with van der Waals surface area (Å²) in [6, 6.07) is 3.06. The molecule has 0 aromatic carbocycles. The summed E-state index contributed by atoms with van der Waals surface area (Å²) < 4.78 is 20.8. The lowest BCUT2D eigenvalue weighted by Crippen LogP contribution is -2.22. The molecule has 0 aliphatic rings. The zero-order chi connectivity index (χ0) is 17.2. The van der Waals surface area contributed by atoms with Crippen LogP contribution in [0, 0.1) is 0 Å². The fraction of sp³-hybridized carbons (Fsp3) is 0.438. The van der Waals surface area contributed by atoms with Crippen molar-refractivity contribution in [2.45, 2.75) is 39.1 Å². The maximum Gasteiger partial charge on any atom is 0.145 e. The minimum Gasteiger partial charge on any atom is -0.361 e. The first kappa shape index (κ1) is 16.8. The number of aromatic amines is 1. The van der Waals surface area contributed by atoms with Crippen molar-refractivity contribution in [2.75, 3.05) is 6.61 Å². The van der Waals surface area contributed by atoms with E-state index in [1.807, 2.05) is 16.8 Å². The van der Waals surface area contributed by atoms with Crippen molar-refractivity contribution in [2.24, 2.45) is 0 Å². The van der Waals surface area contributed by atoms with E-state index in [1.165, 1.54) is 6.33 Å². The Morgan fingerprint density at radius 3 is 2.88 bits per heavy atom. The Bertz CT molecular complexity index is 823. The van der Waals surface area contributed by atoms with Crippen molar-refractivity contribution in [3.05, 3.63) is 30.5 Å². The van der Waals surface area contributed by atoms with Crippen molar-refractivity contribution >= 4 is 19.1 Å². The summed E-state index contributed by atoms with van der Waals surface area (Å²) in [6.45, 7) is 7.57. The summed E-state index contributed by atoms with van der Waals surface area (Å²) in [7, 11) is -1.09. The largest absolute Gasteiger partial charge is 0.361 e. The van der Waals surface area contributed by atoms with Crippen LogP contribution >= 0.6 is 0 Å². The van der Waals surface area contributed by atoms with Gasteiger partial charge in [-0.2, -0.15) is 5.10 Å². The van der Waals surface area contributed by atoms with Gasteiger partial charge in [-0.1, -0.05) is 19.6 Å². The van der Waals surface area contributed by atoms with E-state index in [0.29, 0.717) is 23.7 Å². The molecule has 0 spiro atoms. The first-order valence-electron chi connectivity index (χ1n) is 7.96. The van der Waals surface area contributed by atoms with Gasteiger partial charge < -0.3 is 9.30 Å². The van der Waals surface area contributed by atoms with Gasteiger partial charge in [0.15, 0.2) is 0 Å². The van der Waals surface area contributed by atoms with Gasteiger partial charge in [-0.3, -0.25) is 5.10 Å². The predicted molar refractivity (Wildman–Crippen MR) is 94.0 cm³/mol. The highest BCUT2D eigenvalue weighted by molar-refractivity contribution is 6.76. The Morgan fingerprint density at radius 2 is 2.12 bits per heavy atom. The van der Waals surface area contributed by atoms with E-state index in [1.54, 1.807) is 6.20 Å². The maximum absolute atomic E-state index is 13.1. The van der Waals surface area contributed by atoms with Crippen molar-refractivity contribution in [1.29, 1.82) is 0 Å². The van der Waals surface area contributed by atoms with Crippen LogP contribution in [0.1, 0.15) is 5.69 Å². The molecule has 3 heterocycles. The van der Waals surface area contributed by atoms with Gasteiger partial charge in [-0.25, -0.2) is 14.4 Å². The predicted octanol–water partition coefficient (Wildman–Crippen LogP) is 3.60. The van der Waals surface area contributed by atoms with Gasteiger partial charge in [0, 0.05) is 31.8 Å². The summed E-state index contributed by atoms with van der Waals surface area (Å²) in [5.41, 5.74) is 2.55. The lowest BCUT2D eigenvalue weighted by molar-refractivity contribution is 0.0899. The number of rotatable bonds is 7. The van der Waals surface area contributed by atoms with Gasteiger partial charge in [0.2, 0.25) is 0 Å². The van der Waals surface area contributed by atoms with Crippen LogP contribution in [-0.2, 0) is 18.1 Å². The SMILES string of the molecule is C[Si](C)(C)CCOCn1ccc2c(-c3cn[nH]c3CF)ncnc21. The number of halogens is 1. The smallest absolute Gasteiger partial charge is 0.145 e. The fourth-order valence-corrected chi connectivity index (χ4v) is 3.24. The first-order valence-corrected chi connectivity index (χ1v) is 11.7. The van der Waals surface area contributed by atoms with Gasteiger partial charge in [0.05, 0.1) is 17.6 Å². The molecular formula is C16H22FN5OSi. The molecule has 6 nitrogen and oxygen atoms in total. The molecule has 3 aromatic rings. The molecule has 0 fully saturated rings. The molecule has 0 radical (unpaired) electrons. The minimum absolute atomic E-state index is 0.425. The average molecular weight is 347 g/mol. The van der Waals surface area contributed by atoms with E-state index in [4.69, 9.17) is 4.74 Å². The van der Waals surface area contributed by atoms with E-state index in [2.05, 4.69) is 39.8 Å². The Kier molecular flexibility index (Phi) is 4.77. The van der Waals surface area contributed by atoms with Crippen LogP contribution in [0.15, 0.2) is 24.8 Å². The van der Waals surface area contributed by atoms with Crippen LogP contribution in [0.5, 0.6) is 0 Å². The topological polar surface area (TPSA) is 68.6 Å². The second-order valence-electron chi connectivity index (χ2n) is 6.99. The Balaban J connectivity index is 1.82. The number of nitrogens with zero attached hydrogens (tertiary/aromatic N) is 4. The van der Waals surface area contributed by atoms with E-state index in [-0.39, 0.29) is 0 Å². The molecule has 8 heteroatoms. The number of fused-ring (bicyclic) bond motifs is 1. The van der Waals surface area contributed by atoms with Gasteiger partial charge in [0.25, 0.3) is 0 Å². The minimum atomic E-state index is -1.09. The molecule has 24 heavy (non-hydrogen) atoms. The molecule has 0 saturated heterocycles. The number of hydrogen-bond acceptors (Lipinski definition) is 4. The highest BCUT2D eigenvalue weighted by Crippen LogP contribution is 2.28. The van der Waals surface area contributed by atoms with Crippen molar-refractivity contribution in [1.82, 2.24) is 24.7 Å². The van der Waals surface area contributed by atoms with E-state index >= 15 is 0 Å². The zero-order valence-corrected chi connectivity index (χ0v) is 15.2. The zero-order valence-electron chi connectivity index (χ0n) is 14.2. The van der Waals surface area contributed by atoms with Crippen LogP contribution in [-0.4, -0.2) is 39.4 Å². The molecule has 0 aliphatic carbocycles. The second-order valence-corrected chi connectivity index (χ2v) is 12.6. The third-order valence-corrected chi connectivity index (χ3v) is 5.59. The van der Waals surface area contributed by atoms with Gasteiger partial charge in [-0.05, 0) is 12.1 Å². The average Bonchev–Trinajstić information content (AvgIpc) is 3.17. The Morgan fingerprint density at radius 1 is 1.29 bits per heavy atom. The number of H-pyrrole nitrogens is 1. The van der Waals surface area contributed by atoms with Crippen molar-refractivity contribution in [3.63, 3.8) is 0 Å². The summed E-state index contributed by atoms with van der Waals surface area (Å²) in [5, 5.41) is 7.45. The van der Waals surface area contributed by atoms with Gasteiger partial charge in [0.1, 0.15) is 25.4 Å². The van der Waals surface area contributed by atoms with Crippen molar-refractivity contribution in [3.8, 4) is 11.3 Å². The van der Waals surface area contributed by atoms with E-state index in [9.17, 15) is 4.39 Å². The van der Waals surface area contributed by atoms with E-state index < -0.39 is 14.7 Å². The molecule has 3 rings (SSSR count). The van der Waals surface area contributed by atoms with Crippen LogP contribution in [0.4, 0.5) is 4.39 Å². The Hall–Kier alpha value is -2.06. The van der Waals surface area contributed by atoms with Crippen LogP contribution in [0.3, 0.4) is 0 Å². The molecule has 0 amide bonds. The monoisotopic (exact) mass is 347 g/mol. The molecule has 0 bridgehead atoms. The number of ether oxygens (including phenoxy) is 1. The van der Waals surface area contributed by atoms with Gasteiger partial charge >= 0.3 is 0 Å². The summed E-state index contributed by atoms with van der Waals surface area (Å²) in [5.74, 6) is 0. The number of hydrogen-bond donors (Lipinski definition) is 1. The molecule has 0 aliphatic heterocycles. The Labute approximate surface area is 141 Å². The lowest BCUT2D eigenvalue weighted by Gasteiger charge is -2.15. The fourth-order valence-electron chi connectivity index (χ4n) is 2.48. The van der Waals surface area contributed by atoms with Crippen LogP contribution < -0.4 is 0 Å². The lowest BCUT2D eigenvalue weighted by atomic mass is 10.1. The number of nitrogens with one attached hydrogen (secondary N) is 1. The third kappa shape index (κ3) is 3.54. The quantitative estimate of drug-likeness (QED) is 0.524. The normalized spacial score (nSPS) is 12.2. The summed E-state index contributed by atoms with van der Waals surface area (Å²) >= 11 is 0. The molecule has 0 unspecified atom stereocenters. The highest BCUT2D eigenvalue weighted by Gasteiger charge is 2.15. The third-order valence-electron chi connectivity index (χ3n) is 3.89. The molecule has 0 atom stereocenters. The summed E-state index contributed by atoms with van der Waals surface area (Å²) in [6.07, 6.45) is 5.01. The standard InChI is InChI=1S/C16H22FN5OSi/c1-24(2,3)7-6-23-11-22-5-4-12-15(18-10-19-16(12)22)13-9-20-21-14(13)8-17/h4-5,9-10H,6-8,11H2,1-3H3,(H,20,21). The van der Waals surface area contributed by atoms with Crippen molar-refractivity contribution < 1.29 is 9.13 Å². The molecular weight excluding hydrogens is 325 g/mol. The van der Waals surface area contributed by atoms with Gasteiger partial charge in [-0.15, -0.1) is 0 Å². The number of alkyl halides is 1. The maximum atomic E-state index is 13.1. The number of aromatic nitrogens is 5. The summed E-state index contributed by atoms with van der Waals surface area (Å²) in [4.78, 5) is 8.66. The van der Waals surface area contributed by atoms with E-state index in [0.717, 1.165) is 23.7 Å². The first-order chi connectivity index (χ1) is 11.5. The molecule has 3 aromatic heterocycles. The highest BCUT2D eigenvalue weighted by atomic mass is 28.3. The van der Waals surface area contributed by atoms with Crippen LogP contribution in [0.2, 0.25) is 25.7 Å².